The fourth-order valence-electron chi connectivity index (χ4n) is 0.974. The number of hydrogen-bond acceptors (Lipinski definition) is 1. The van der Waals surface area contributed by atoms with Crippen molar-refractivity contribution in [1.82, 2.24) is 0 Å². The number of halogens is 1. The monoisotopic (exact) mass is 162 g/mol. The van der Waals surface area contributed by atoms with Crippen molar-refractivity contribution in [2.24, 2.45) is 11.3 Å². The molecule has 0 amide bonds. The summed E-state index contributed by atoms with van der Waals surface area (Å²) in [4.78, 5) is 3.89. The fourth-order valence-corrected chi connectivity index (χ4v) is 0.974. The lowest BCUT2D eigenvalue weighted by Gasteiger charge is -2.25. The molecule has 11 heavy (non-hydrogen) atoms. The van der Waals surface area contributed by atoms with Crippen LogP contribution in [0.25, 0.3) is 0 Å². The Morgan fingerprint density at radius 1 is 1.27 bits per heavy atom. The Hall–Kier alpha value is -0.110. The molecular formula is C9H19FO. The molecule has 0 aliphatic heterocycles. The van der Waals surface area contributed by atoms with Crippen molar-refractivity contribution in [2.75, 3.05) is 0 Å². The second-order valence-electron chi connectivity index (χ2n) is 4.64. The van der Waals surface area contributed by atoms with Crippen LogP contribution >= 0.6 is 0 Å². The van der Waals surface area contributed by atoms with E-state index in [2.05, 4.69) is 25.7 Å². The van der Waals surface area contributed by atoms with Crippen LogP contribution in [-0.4, -0.2) is 6.10 Å². The molecule has 0 bridgehead atoms. The lowest BCUT2D eigenvalue weighted by atomic mass is 9.86. The van der Waals surface area contributed by atoms with Crippen LogP contribution in [0.3, 0.4) is 0 Å². The van der Waals surface area contributed by atoms with Gasteiger partial charge in [0, 0.05) is 0 Å². The highest BCUT2D eigenvalue weighted by Crippen LogP contribution is 2.26. The predicted octanol–water partition coefficient (Wildman–Crippen LogP) is 3.35. The van der Waals surface area contributed by atoms with Gasteiger partial charge in [0.1, 0.15) is 6.10 Å². The Labute approximate surface area is 68.8 Å². The Morgan fingerprint density at radius 2 is 1.73 bits per heavy atom. The summed E-state index contributed by atoms with van der Waals surface area (Å²) in [6, 6.07) is 0. The maximum atomic E-state index is 11.9. The molecule has 1 nitrogen and oxygen atoms in total. The first-order chi connectivity index (χ1) is 4.87. The first-order valence-corrected chi connectivity index (χ1v) is 4.14. The Bertz CT molecular complexity index is 105. The summed E-state index contributed by atoms with van der Waals surface area (Å²) >= 11 is 0. The molecule has 68 valence electrons. The van der Waals surface area contributed by atoms with Crippen molar-refractivity contribution in [2.45, 2.75) is 47.1 Å². The molecule has 0 heterocycles. The third kappa shape index (κ3) is 5.19. The summed E-state index contributed by atoms with van der Waals surface area (Å²) in [5.41, 5.74) is 0.140. The fraction of sp³-hybridized carbons (Fsp3) is 1.00. The van der Waals surface area contributed by atoms with Gasteiger partial charge in [-0.1, -0.05) is 34.6 Å². The number of hydrogen-bond donors (Lipinski definition) is 0. The molecule has 0 aliphatic carbocycles. The zero-order valence-corrected chi connectivity index (χ0v) is 8.15. The topological polar surface area (TPSA) is 9.23 Å². The van der Waals surface area contributed by atoms with Gasteiger partial charge in [-0.3, -0.25) is 0 Å². The molecule has 0 rings (SSSR count). The van der Waals surface area contributed by atoms with Crippen LogP contribution in [0.2, 0.25) is 0 Å². The van der Waals surface area contributed by atoms with Gasteiger partial charge in [-0.05, 0) is 22.3 Å². The second kappa shape index (κ2) is 4.05. The average molecular weight is 162 g/mol. The minimum absolute atomic E-state index is 0.140. The third-order valence-electron chi connectivity index (χ3n) is 1.67. The van der Waals surface area contributed by atoms with E-state index in [9.17, 15) is 4.53 Å². The Kier molecular flexibility index (Phi) is 4.01. The van der Waals surface area contributed by atoms with E-state index in [1.807, 2.05) is 13.8 Å². The highest BCUT2D eigenvalue weighted by atomic mass is 19.3. The quantitative estimate of drug-likeness (QED) is 0.618. The van der Waals surface area contributed by atoms with Gasteiger partial charge in [-0.15, -0.1) is 0 Å². The summed E-state index contributed by atoms with van der Waals surface area (Å²) in [6.07, 6.45) is 0.510. The highest BCUT2D eigenvalue weighted by molar-refractivity contribution is 4.70. The van der Waals surface area contributed by atoms with Gasteiger partial charge in [0.2, 0.25) is 0 Å². The van der Waals surface area contributed by atoms with Crippen LogP contribution in [0.15, 0.2) is 0 Å². The summed E-state index contributed by atoms with van der Waals surface area (Å²) in [6.45, 7) is 10.2. The van der Waals surface area contributed by atoms with Gasteiger partial charge in [-0.2, -0.15) is 4.94 Å². The summed E-state index contributed by atoms with van der Waals surface area (Å²) in [7, 11) is 0. The largest absolute Gasteiger partial charge is 0.191 e. The summed E-state index contributed by atoms with van der Waals surface area (Å²) in [5, 5.41) is 0. The van der Waals surface area contributed by atoms with Crippen LogP contribution in [0, 0.1) is 11.3 Å². The van der Waals surface area contributed by atoms with E-state index >= 15 is 0 Å². The van der Waals surface area contributed by atoms with Crippen LogP contribution in [0.5, 0.6) is 0 Å². The maximum absolute atomic E-state index is 11.9. The summed E-state index contributed by atoms with van der Waals surface area (Å²) < 4.78 is 11.9. The van der Waals surface area contributed by atoms with Gasteiger partial charge in [0.25, 0.3) is 0 Å². The second-order valence-corrected chi connectivity index (χ2v) is 4.64. The molecule has 1 atom stereocenters. The average Bonchev–Trinajstić information content (AvgIpc) is 1.80. The molecule has 0 radical (unpaired) electrons. The van der Waals surface area contributed by atoms with Crippen molar-refractivity contribution >= 4 is 0 Å². The van der Waals surface area contributed by atoms with E-state index in [0.29, 0.717) is 0 Å². The van der Waals surface area contributed by atoms with Gasteiger partial charge >= 0.3 is 0 Å². The van der Waals surface area contributed by atoms with Crippen LogP contribution in [-0.2, 0) is 4.94 Å². The molecule has 0 saturated carbocycles. The molecule has 0 fully saturated rings. The van der Waals surface area contributed by atoms with Gasteiger partial charge in [0.15, 0.2) is 0 Å². The maximum Gasteiger partial charge on any atom is 0.101 e. The van der Waals surface area contributed by atoms with E-state index in [1.54, 1.807) is 0 Å². The molecule has 0 spiro atoms. The van der Waals surface area contributed by atoms with Crippen LogP contribution in [0.1, 0.15) is 41.0 Å². The Morgan fingerprint density at radius 3 is 1.82 bits per heavy atom. The van der Waals surface area contributed by atoms with Gasteiger partial charge in [0.05, 0.1) is 0 Å². The Balaban J connectivity index is 3.88. The lowest BCUT2D eigenvalue weighted by molar-refractivity contribution is -0.200. The molecule has 0 aromatic rings. The molecule has 0 aliphatic rings. The highest BCUT2D eigenvalue weighted by Gasteiger charge is 2.22. The van der Waals surface area contributed by atoms with E-state index in [-0.39, 0.29) is 17.4 Å². The SMILES string of the molecule is CC(C)C(CC(C)(C)C)OF. The van der Waals surface area contributed by atoms with Gasteiger partial charge < -0.3 is 0 Å². The van der Waals surface area contributed by atoms with E-state index in [4.69, 9.17) is 0 Å². The molecule has 0 aromatic heterocycles. The minimum atomic E-state index is -0.255. The van der Waals surface area contributed by atoms with Crippen molar-refractivity contribution in [3.63, 3.8) is 0 Å². The standard InChI is InChI=1S/C9H19FO/c1-7(2)8(11-10)6-9(3,4)5/h7-8H,6H2,1-5H3. The van der Waals surface area contributed by atoms with E-state index in [0.717, 1.165) is 6.42 Å². The zero-order chi connectivity index (χ0) is 9.07. The number of rotatable bonds is 3. The van der Waals surface area contributed by atoms with Crippen molar-refractivity contribution in [3.05, 3.63) is 0 Å². The van der Waals surface area contributed by atoms with Crippen molar-refractivity contribution in [3.8, 4) is 0 Å². The predicted molar refractivity (Wildman–Crippen MR) is 44.9 cm³/mol. The minimum Gasteiger partial charge on any atom is -0.191 e. The molecule has 0 aromatic carbocycles. The molecule has 0 N–H and O–H groups in total. The van der Waals surface area contributed by atoms with Crippen molar-refractivity contribution < 1.29 is 9.47 Å². The lowest BCUT2D eigenvalue weighted by Crippen LogP contribution is -2.23. The van der Waals surface area contributed by atoms with E-state index < -0.39 is 0 Å². The first-order valence-electron chi connectivity index (χ1n) is 4.14. The van der Waals surface area contributed by atoms with Crippen molar-refractivity contribution in [1.29, 1.82) is 0 Å². The van der Waals surface area contributed by atoms with E-state index in [1.165, 1.54) is 0 Å². The van der Waals surface area contributed by atoms with Crippen LogP contribution < -0.4 is 0 Å². The molecular weight excluding hydrogens is 143 g/mol. The van der Waals surface area contributed by atoms with Crippen LogP contribution in [0.4, 0.5) is 4.53 Å². The summed E-state index contributed by atoms with van der Waals surface area (Å²) in [5.74, 6) is 0.249. The third-order valence-corrected chi connectivity index (χ3v) is 1.67. The molecule has 2 heteroatoms. The molecule has 0 saturated heterocycles. The van der Waals surface area contributed by atoms with Gasteiger partial charge in [-0.25, -0.2) is 0 Å². The smallest absolute Gasteiger partial charge is 0.101 e. The molecule has 1 unspecified atom stereocenters. The normalized spacial score (nSPS) is 15.5. The first kappa shape index (κ1) is 10.9. The zero-order valence-electron chi connectivity index (χ0n) is 8.15.